The van der Waals surface area contributed by atoms with Crippen molar-refractivity contribution in [2.24, 2.45) is 0 Å². The predicted molar refractivity (Wildman–Crippen MR) is 108 cm³/mol. The minimum absolute atomic E-state index is 0. The van der Waals surface area contributed by atoms with Gasteiger partial charge in [0.25, 0.3) is 0 Å². The fourth-order valence-corrected chi connectivity index (χ4v) is 3.01. The van der Waals surface area contributed by atoms with E-state index in [-0.39, 0.29) is 38.8 Å². The number of rotatable bonds is 14. The van der Waals surface area contributed by atoms with E-state index in [0.29, 0.717) is 45.3 Å². The number of nitrogens with zero attached hydrogens (tertiary/aromatic N) is 2. The maximum Gasteiger partial charge on any atom is 0.222 e. The molecular weight excluding hydrogens is 528 g/mol. The number of hydrogen-bond acceptors (Lipinski definition) is 3. The molecule has 1 rings (SSSR count). The number of amides is 3. The van der Waals surface area contributed by atoms with Gasteiger partial charge in [-0.15, -0.1) is 13.1 Å². The molecule has 162 valence electrons. The van der Waals surface area contributed by atoms with Crippen molar-refractivity contribution in [3.63, 3.8) is 0 Å². The van der Waals surface area contributed by atoms with Crippen LogP contribution in [0.25, 0.3) is 5.32 Å². The van der Waals surface area contributed by atoms with Gasteiger partial charge in [0, 0.05) is 66.5 Å². The zero-order chi connectivity index (χ0) is 19.7. The first-order valence-electron chi connectivity index (χ1n) is 10.6. The minimum atomic E-state index is 0. The number of nitrogens with one attached hydrogen (secondary N) is 2. The molecule has 0 radical (unpaired) electrons. The SMILES string of the molecule is CCCCCNC(=O)CCCCCNC(=O)CCCC(=O)N1CC[N-]CC1.[W]. The summed E-state index contributed by atoms with van der Waals surface area (Å²) >= 11 is 0. The van der Waals surface area contributed by atoms with Crippen LogP contribution in [0, 0.1) is 0 Å². The molecule has 1 aliphatic heterocycles. The van der Waals surface area contributed by atoms with E-state index in [1.165, 1.54) is 0 Å². The fourth-order valence-electron chi connectivity index (χ4n) is 3.01. The van der Waals surface area contributed by atoms with Crippen molar-refractivity contribution < 1.29 is 35.4 Å². The molecule has 0 spiro atoms. The summed E-state index contributed by atoms with van der Waals surface area (Å²) in [5.74, 6) is 0.262. The molecule has 28 heavy (non-hydrogen) atoms. The minimum Gasteiger partial charge on any atom is -0.659 e. The van der Waals surface area contributed by atoms with Crippen molar-refractivity contribution in [3.05, 3.63) is 5.32 Å². The van der Waals surface area contributed by atoms with Gasteiger partial charge >= 0.3 is 0 Å². The van der Waals surface area contributed by atoms with Crippen LogP contribution in [0.15, 0.2) is 0 Å². The van der Waals surface area contributed by atoms with Crippen LogP contribution in [-0.2, 0) is 35.4 Å². The van der Waals surface area contributed by atoms with E-state index in [9.17, 15) is 14.4 Å². The normalized spacial score (nSPS) is 13.5. The second-order valence-corrected chi connectivity index (χ2v) is 7.12. The Kier molecular flexibility index (Phi) is 17.5. The zero-order valence-corrected chi connectivity index (χ0v) is 20.3. The summed E-state index contributed by atoms with van der Waals surface area (Å²) in [4.78, 5) is 37.2. The van der Waals surface area contributed by atoms with Crippen LogP contribution in [0.1, 0.15) is 71.1 Å². The molecule has 0 bridgehead atoms. The van der Waals surface area contributed by atoms with Crippen LogP contribution in [0.5, 0.6) is 0 Å². The van der Waals surface area contributed by atoms with E-state index in [0.717, 1.165) is 58.2 Å². The van der Waals surface area contributed by atoms with Gasteiger partial charge in [-0.25, -0.2) is 0 Å². The molecule has 0 atom stereocenters. The van der Waals surface area contributed by atoms with Crippen LogP contribution in [0.2, 0.25) is 0 Å². The predicted octanol–water partition coefficient (Wildman–Crippen LogP) is 2.35. The molecular formula is C20H37N4O3W-. The van der Waals surface area contributed by atoms with Crippen molar-refractivity contribution in [1.29, 1.82) is 0 Å². The Labute approximate surface area is 184 Å². The molecule has 0 aromatic carbocycles. The molecule has 1 aliphatic rings. The smallest absolute Gasteiger partial charge is 0.222 e. The summed E-state index contributed by atoms with van der Waals surface area (Å²) in [5, 5.41) is 10.1. The Hall–Kier alpha value is -0.942. The van der Waals surface area contributed by atoms with Gasteiger partial charge in [-0.1, -0.05) is 26.2 Å². The van der Waals surface area contributed by atoms with Crippen LogP contribution in [0.3, 0.4) is 0 Å². The first kappa shape index (κ1) is 27.1. The van der Waals surface area contributed by atoms with Gasteiger partial charge in [0.15, 0.2) is 0 Å². The Bertz CT molecular complexity index is 443. The van der Waals surface area contributed by atoms with E-state index >= 15 is 0 Å². The quantitative estimate of drug-likeness (QED) is 0.317. The van der Waals surface area contributed by atoms with Crippen molar-refractivity contribution >= 4 is 17.7 Å². The molecule has 1 saturated heterocycles. The van der Waals surface area contributed by atoms with Gasteiger partial charge in [0.2, 0.25) is 17.7 Å². The molecule has 2 N–H and O–H groups in total. The van der Waals surface area contributed by atoms with Gasteiger partial charge in [-0.3, -0.25) is 14.4 Å². The Morgan fingerprint density at radius 1 is 0.786 bits per heavy atom. The first-order valence-corrected chi connectivity index (χ1v) is 10.6. The molecule has 0 saturated carbocycles. The maximum absolute atomic E-state index is 12.0. The number of hydrogen-bond donors (Lipinski definition) is 2. The molecule has 0 aliphatic carbocycles. The topological polar surface area (TPSA) is 92.6 Å². The molecule has 0 unspecified atom stereocenters. The summed E-state index contributed by atoms with van der Waals surface area (Å²) < 4.78 is 0. The summed E-state index contributed by atoms with van der Waals surface area (Å²) in [7, 11) is 0. The van der Waals surface area contributed by atoms with Gasteiger partial charge < -0.3 is 20.9 Å². The van der Waals surface area contributed by atoms with Gasteiger partial charge in [0.05, 0.1) is 0 Å². The van der Waals surface area contributed by atoms with Gasteiger partial charge in [0.1, 0.15) is 0 Å². The second kappa shape index (κ2) is 18.1. The van der Waals surface area contributed by atoms with Gasteiger partial charge in [-0.05, 0) is 25.7 Å². The van der Waals surface area contributed by atoms with Crippen molar-refractivity contribution in [2.45, 2.75) is 71.1 Å². The average Bonchev–Trinajstić information content (AvgIpc) is 2.68. The van der Waals surface area contributed by atoms with E-state index in [2.05, 4.69) is 22.9 Å². The van der Waals surface area contributed by atoms with Crippen LogP contribution < -0.4 is 10.6 Å². The third-order valence-corrected chi connectivity index (χ3v) is 4.71. The molecule has 1 fully saturated rings. The Morgan fingerprint density at radius 2 is 1.36 bits per heavy atom. The van der Waals surface area contributed by atoms with E-state index in [1.54, 1.807) is 0 Å². The third-order valence-electron chi connectivity index (χ3n) is 4.71. The molecule has 1 heterocycles. The van der Waals surface area contributed by atoms with Crippen molar-refractivity contribution in [2.75, 3.05) is 39.3 Å². The maximum atomic E-state index is 12.0. The number of piperazine rings is 1. The summed E-state index contributed by atoms with van der Waals surface area (Å²) in [6, 6.07) is 0. The van der Waals surface area contributed by atoms with E-state index < -0.39 is 0 Å². The Morgan fingerprint density at radius 3 is 1.96 bits per heavy atom. The van der Waals surface area contributed by atoms with Crippen LogP contribution >= 0.6 is 0 Å². The number of carbonyl (C=O) groups excluding carboxylic acids is 3. The fraction of sp³-hybridized carbons (Fsp3) is 0.850. The molecule has 7 nitrogen and oxygen atoms in total. The molecule has 8 heteroatoms. The summed E-state index contributed by atoms with van der Waals surface area (Å²) in [6.07, 6.45) is 8.01. The van der Waals surface area contributed by atoms with E-state index in [4.69, 9.17) is 0 Å². The molecule has 0 aromatic rings. The monoisotopic (exact) mass is 565 g/mol. The largest absolute Gasteiger partial charge is 0.659 e. The van der Waals surface area contributed by atoms with Crippen molar-refractivity contribution in [3.8, 4) is 0 Å². The number of carbonyl (C=O) groups is 3. The summed E-state index contributed by atoms with van der Waals surface area (Å²) in [6.45, 7) is 6.44. The zero-order valence-electron chi connectivity index (χ0n) is 17.3. The summed E-state index contributed by atoms with van der Waals surface area (Å²) in [5.41, 5.74) is 0. The molecule has 0 aromatic heterocycles. The van der Waals surface area contributed by atoms with Crippen molar-refractivity contribution in [1.82, 2.24) is 15.5 Å². The standard InChI is InChI=1S/C20H37N4O3.W/c1-2-3-6-12-22-18(25)9-5-4-7-13-23-19(26)10-8-11-20(27)24-16-14-21-15-17-24;/h2-17H2,1H3,(H,22,25)(H,23,26);/q-1;. The first-order chi connectivity index (χ1) is 13.1. The van der Waals surface area contributed by atoms with Crippen LogP contribution in [0.4, 0.5) is 0 Å². The van der Waals surface area contributed by atoms with Crippen LogP contribution in [-0.4, -0.2) is 61.9 Å². The molecule has 3 amide bonds. The Balaban J connectivity index is 0.00000729. The second-order valence-electron chi connectivity index (χ2n) is 7.12. The number of unbranched alkanes of at least 4 members (excludes halogenated alkanes) is 4. The average molecular weight is 565 g/mol. The van der Waals surface area contributed by atoms with Gasteiger partial charge in [-0.2, -0.15) is 0 Å². The third kappa shape index (κ3) is 14.1. The van der Waals surface area contributed by atoms with E-state index in [1.807, 2.05) is 4.90 Å².